The normalized spacial score (nSPS) is 13.9. The highest BCUT2D eigenvalue weighted by Crippen LogP contribution is 2.43. The van der Waals surface area contributed by atoms with E-state index in [1.807, 2.05) is 0 Å². The lowest BCUT2D eigenvalue weighted by Gasteiger charge is -2.21. The maximum absolute atomic E-state index is 12.9. The van der Waals surface area contributed by atoms with Crippen LogP contribution < -0.4 is 0 Å². The van der Waals surface area contributed by atoms with Gasteiger partial charge in [0.15, 0.2) is 6.10 Å². The van der Waals surface area contributed by atoms with E-state index in [1.165, 1.54) is 83.5 Å². The van der Waals surface area contributed by atoms with Gasteiger partial charge in [0.2, 0.25) is 0 Å². The summed E-state index contributed by atoms with van der Waals surface area (Å²) in [4.78, 5) is 48.6. The van der Waals surface area contributed by atoms with Gasteiger partial charge in [-0.05, 0) is 89.9 Å². The average Bonchev–Trinajstić information content (AvgIpc) is 3.39. The van der Waals surface area contributed by atoms with Gasteiger partial charge >= 0.3 is 25.7 Å². The molecule has 0 saturated heterocycles. The van der Waals surface area contributed by atoms with Gasteiger partial charge in [0.05, 0.1) is 19.8 Å². The molecule has 0 saturated carbocycles. The van der Waals surface area contributed by atoms with Crippen molar-refractivity contribution in [2.75, 3.05) is 26.4 Å². The third-order valence-corrected chi connectivity index (χ3v) is 13.6. The van der Waals surface area contributed by atoms with Crippen LogP contribution in [0.3, 0.4) is 0 Å². The first-order valence-electron chi connectivity index (χ1n) is 29.8. The first-order chi connectivity index (χ1) is 36.2. The smallest absolute Gasteiger partial charge is 0.462 e. The van der Waals surface area contributed by atoms with Gasteiger partial charge in [-0.15, -0.1) is 0 Å². The number of allylic oxidation sites excluding steroid dienone is 12. The Bertz CT molecular complexity index is 1520. The largest absolute Gasteiger partial charge is 0.472 e. The molecule has 428 valence electrons. The van der Waals surface area contributed by atoms with Crippen LogP contribution in [0.25, 0.3) is 0 Å². The van der Waals surface area contributed by atoms with Crippen molar-refractivity contribution < 1.29 is 52.2 Å². The highest BCUT2D eigenvalue weighted by molar-refractivity contribution is 7.47. The lowest BCUT2D eigenvalue weighted by molar-refractivity contribution is -0.161. The SMILES string of the molecule is CC/C=C\C/C=C\C/C=C\CCCCCCCCCC(=O)OCC(COP(=O)(O)OCC(CO)OC(=O)CCCCCCCCCCCCC)OC(=O)CCCCCCCC/C=C\C/C=C\C/C=C\CCCCC. The monoisotopic (exact) mass is 1060 g/mol. The number of esters is 3. The van der Waals surface area contributed by atoms with Gasteiger partial charge < -0.3 is 24.2 Å². The lowest BCUT2D eigenvalue weighted by atomic mass is 10.1. The van der Waals surface area contributed by atoms with Gasteiger partial charge in [-0.1, -0.05) is 229 Å². The fraction of sp³-hybridized carbons (Fsp3) is 0.758. The van der Waals surface area contributed by atoms with E-state index in [2.05, 4.69) is 93.7 Å². The van der Waals surface area contributed by atoms with E-state index in [9.17, 15) is 28.9 Å². The Hall–Kier alpha value is -3.08. The number of aliphatic hydroxyl groups excluding tert-OH is 1. The number of phosphoric acid groups is 1. The molecule has 0 aromatic heterocycles. The summed E-state index contributed by atoms with van der Waals surface area (Å²) in [5.41, 5.74) is 0. The second-order valence-electron chi connectivity index (χ2n) is 19.8. The number of hydrogen-bond acceptors (Lipinski definition) is 10. The van der Waals surface area contributed by atoms with Crippen molar-refractivity contribution in [1.82, 2.24) is 0 Å². The number of carbonyl (C=O) groups is 3. The first kappa shape index (κ1) is 70.9. The number of hydrogen-bond donors (Lipinski definition) is 2. The van der Waals surface area contributed by atoms with Crippen LogP contribution in [-0.4, -0.2) is 66.5 Å². The van der Waals surface area contributed by atoms with E-state index in [4.69, 9.17) is 23.3 Å². The quantitative estimate of drug-likeness (QED) is 0.0197. The van der Waals surface area contributed by atoms with Crippen molar-refractivity contribution in [3.8, 4) is 0 Å². The topological polar surface area (TPSA) is 155 Å². The minimum atomic E-state index is -4.75. The van der Waals surface area contributed by atoms with Crippen LogP contribution in [0.5, 0.6) is 0 Å². The zero-order chi connectivity index (χ0) is 54.1. The standard InChI is InChI=1S/C62H109O11P/c1-4-7-10-13-16-19-22-24-26-28-29-31-33-35-38-41-44-47-50-53-62(66)73-59(55-69-60(64)51-48-45-42-39-37-34-32-30-27-25-23-20-17-14-11-8-5-2)57-71-74(67,68)70-56-58(54-63)72-61(65)52-49-46-43-40-36-21-18-15-12-9-6-3/h8,11,16-17,19-20,24-27,29,31,58-59,63H,4-7,9-10,12-15,18,21-23,28,30,32-57H2,1-3H3,(H,67,68)/b11-8-,19-16-,20-17-,26-24-,27-25-,31-29-. The van der Waals surface area contributed by atoms with Crippen molar-refractivity contribution in [3.05, 3.63) is 72.9 Å². The Morgan fingerprint density at radius 2 is 0.703 bits per heavy atom. The molecule has 2 N–H and O–H groups in total. The molecule has 0 rings (SSSR count). The molecule has 0 radical (unpaired) electrons. The lowest BCUT2D eigenvalue weighted by Crippen LogP contribution is -2.30. The van der Waals surface area contributed by atoms with Crippen LogP contribution in [0.2, 0.25) is 0 Å². The van der Waals surface area contributed by atoms with Gasteiger partial charge in [0.1, 0.15) is 12.7 Å². The van der Waals surface area contributed by atoms with Crippen molar-refractivity contribution >= 4 is 25.7 Å². The van der Waals surface area contributed by atoms with Gasteiger partial charge in [-0.25, -0.2) is 4.57 Å². The number of unbranched alkanes of at least 4 members (excludes halogenated alkanes) is 26. The van der Waals surface area contributed by atoms with Crippen LogP contribution in [0, 0.1) is 0 Å². The molecule has 0 bridgehead atoms. The maximum atomic E-state index is 12.9. The molecular formula is C62H109O11P. The predicted octanol–water partition coefficient (Wildman–Crippen LogP) is 17.7. The summed E-state index contributed by atoms with van der Waals surface area (Å²) in [6, 6.07) is 0. The Morgan fingerprint density at radius 3 is 1.11 bits per heavy atom. The first-order valence-corrected chi connectivity index (χ1v) is 31.3. The highest BCUT2D eigenvalue weighted by Gasteiger charge is 2.28. The molecule has 11 nitrogen and oxygen atoms in total. The fourth-order valence-corrected chi connectivity index (χ4v) is 8.87. The second kappa shape index (κ2) is 56.1. The predicted molar refractivity (Wildman–Crippen MR) is 307 cm³/mol. The number of phosphoric ester groups is 1. The van der Waals surface area contributed by atoms with Crippen molar-refractivity contribution in [3.63, 3.8) is 0 Å². The molecule has 0 heterocycles. The van der Waals surface area contributed by atoms with Crippen molar-refractivity contribution in [1.29, 1.82) is 0 Å². The molecule has 0 aliphatic rings. The van der Waals surface area contributed by atoms with Crippen LogP contribution in [0.4, 0.5) is 0 Å². The molecule has 74 heavy (non-hydrogen) atoms. The minimum absolute atomic E-state index is 0.150. The summed E-state index contributed by atoms with van der Waals surface area (Å²) in [6.07, 6.45) is 62.8. The van der Waals surface area contributed by atoms with E-state index < -0.39 is 57.8 Å². The van der Waals surface area contributed by atoms with Crippen molar-refractivity contribution in [2.24, 2.45) is 0 Å². The number of aliphatic hydroxyl groups is 1. The molecule has 0 aromatic rings. The van der Waals surface area contributed by atoms with E-state index in [0.717, 1.165) is 122 Å². The zero-order valence-electron chi connectivity index (χ0n) is 47.3. The molecule has 3 unspecified atom stereocenters. The fourth-order valence-electron chi connectivity index (χ4n) is 8.08. The van der Waals surface area contributed by atoms with E-state index in [1.54, 1.807) is 0 Å². The molecular weight excluding hydrogens is 952 g/mol. The summed E-state index contributed by atoms with van der Waals surface area (Å²) < 4.78 is 39.5. The number of ether oxygens (including phenoxy) is 3. The Labute approximate surface area is 452 Å². The zero-order valence-corrected chi connectivity index (χ0v) is 48.2. The van der Waals surface area contributed by atoms with Gasteiger partial charge in [0.25, 0.3) is 0 Å². The molecule has 0 aliphatic carbocycles. The highest BCUT2D eigenvalue weighted by atomic mass is 31.2. The Kier molecular flexibility index (Phi) is 53.8. The molecule has 0 aliphatic heterocycles. The molecule has 0 spiro atoms. The Balaban J connectivity index is 4.75. The molecule has 0 aromatic carbocycles. The average molecular weight is 1060 g/mol. The van der Waals surface area contributed by atoms with Crippen LogP contribution in [0.15, 0.2) is 72.9 Å². The summed E-state index contributed by atoms with van der Waals surface area (Å²) in [5, 5.41) is 9.80. The van der Waals surface area contributed by atoms with Crippen LogP contribution in [-0.2, 0) is 42.2 Å². The second-order valence-corrected chi connectivity index (χ2v) is 21.2. The van der Waals surface area contributed by atoms with Gasteiger partial charge in [-0.2, -0.15) is 0 Å². The van der Waals surface area contributed by atoms with Crippen LogP contribution >= 0.6 is 7.82 Å². The summed E-state index contributed by atoms with van der Waals surface area (Å²) in [6.45, 7) is 4.49. The van der Waals surface area contributed by atoms with Crippen molar-refractivity contribution in [2.45, 2.75) is 277 Å². The summed E-state index contributed by atoms with van der Waals surface area (Å²) in [7, 11) is -4.75. The van der Waals surface area contributed by atoms with Gasteiger partial charge in [-0.3, -0.25) is 23.4 Å². The third kappa shape index (κ3) is 53.7. The van der Waals surface area contributed by atoms with E-state index in [-0.39, 0.29) is 25.9 Å². The third-order valence-electron chi connectivity index (χ3n) is 12.6. The molecule has 12 heteroatoms. The van der Waals surface area contributed by atoms with E-state index >= 15 is 0 Å². The molecule has 0 fully saturated rings. The van der Waals surface area contributed by atoms with E-state index in [0.29, 0.717) is 19.3 Å². The Morgan fingerprint density at radius 1 is 0.392 bits per heavy atom. The number of carbonyl (C=O) groups excluding carboxylic acids is 3. The number of rotatable bonds is 55. The summed E-state index contributed by atoms with van der Waals surface area (Å²) >= 11 is 0. The minimum Gasteiger partial charge on any atom is -0.462 e. The summed E-state index contributed by atoms with van der Waals surface area (Å²) in [5.74, 6) is -1.48. The molecule has 3 atom stereocenters. The van der Waals surface area contributed by atoms with Crippen LogP contribution in [0.1, 0.15) is 265 Å². The van der Waals surface area contributed by atoms with Gasteiger partial charge in [0, 0.05) is 19.3 Å². The maximum Gasteiger partial charge on any atom is 0.472 e. The molecule has 0 amide bonds.